The third-order valence-electron chi connectivity index (χ3n) is 4.09. The van der Waals surface area contributed by atoms with Crippen LogP contribution in [0.15, 0.2) is 53.4 Å². The second-order valence-electron chi connectivity index (χ2n) is 5.97. The van der Waals surface area contributed by atoms with Gasteiger partial charge in [-0.3, -0.25) is 9.52 Å². The number of hydrogen-bond acceptors (Lipinski definition) is 3. The third kappa shape index (κ3) is 3.59. The van der Waals surface area contributed by atoms with Crippen LogP contribution < -0.4 is 9.62 Å². The molecule has 126 valence electrons. The van der Waals surface area contributed by atoms with E-state index < -0.39 is 10.0 Å². The summed E-state index contributed by atoms with van der Waals surface area (Å²) >= 11 is 0. The molecule has 0 aromatic heterocycles. The number of benzene rings is 2. The Labute approximate surface area is 142 Å². The lowest BCUT2D eigenvalue weighted by Crippen LogP contribution is -2.35. The first-order valence-electron chi connectivity index (χ1n) is 7.96. The molecular formula is C18H20N2O3S. The van der Waals surface area contributed by atoms with Gasteiger partial charge < -0.3 is 4.90 Å². The number of carbonyl (C=O) groups is 1. The molecule has 0 spiro atoms. The van der Waals surface area contributed by atoms with Crippen LogP contribution in [0.3, 0.4) is 0 Å². The summed E-state index contributed by atoms with van der Waals surface area (Å²) in [6.07, 6.45) is 2.44. The van der Waals surface area contributed by atoms with Crippen LogP contribution >= 0.6 is 0 Å². The lowest BCUT2D eigenvalue weighted by molar-refractivity contribution is -0.119. The average Bonchev–Trinajstić information content (AvgIpc) is 2.57. The van der Waals surface area contributed by atoms with E-state index in [1.807, 2.05) is 19.1 Å². The molecule has 1 saturated heterocycles. The first-order valence-corrected chi connectivity index (χ1v) is 9.44. The van der Waals surface area contributed by atoms with Crippen LogP contribution in [0, 0.1) is 6.92 Å². The van der Waals surface area contributed by atoms with Gasteiger partial charge in [0.2, 0.25) is 5.91 Å². The fourth-order valence-electron chi connectivity index (χ4n) is 2.72. The first kappa shape index (κ1) is 16.5. The predicted molar refractivity (Wildman–Crippen MR) is 94.6 cm³/mol. The van der Waals surface area contributed by atoms with Crippen molar-refractivity contribution >= 4 is 27.3 Å². The van der Waals surface area contributed by atoms with Crippen molar-refractivity contribution in [3.8, 4) is 0 Å². The lowest BCUT2D eigenvalue weighted by atomic mass is 10.1. The van der Waals surface area contributed by atoms with Gasteiger partial charge in [0.1, 0.15) is 0 Å². The highest BCUT2D eigenvalue weighted by atomic mass is 32.2. The van der Waals surface area contributed by atoms with E-state index in [4.69, 9.17) is 0 Å². The van der Waals surface area contributed by atoms with E-state index >= 15 is 0 Å². The minimum atomic E-state index is -3.64. The monoisotopic (exact) mass is 344 g/mol. The van der Waals surface area contributed by atoms with Crippen molar-refractivity contribution in [1.82, 2.24) is 0 Å². The molecule has 1 amide bonds. The number of sulfonamides is 1. The Balaban J connectivity index is 1.78. The van der Waals surface area contributed by atoms with Crippen molar-refractivity contribution in [2.24, 2.45) is 0 Å². The predicted octanol–water partition coefficient (Wildman–Crippen LogP) is 3.31. The van der Waals surface area contributed by atoms with Crippen LogP contribution in [-0.2, 0) is 14.8 Å². The summed E-state index contributed by atoms with van der Waals surface area (Å²) in [6, 6.07) is 13.6. The van der Waals surface area contributed by atoms with E-state index in [0.717, 1.165) is 24.1 Å². The Bertz CT molecular complexity index is 828. The highest BCUT2D eigenvalue weighted by Crippen LogP contribution is 2.23. The molecule has 1 aliphatic heterocycles. The number of piperidine rings is 1. The van der Waals surface area contributed by atoms with Gasteiger partial charge in [-0.1, -0.05) is 17.7 Å². The molecule has 5 nitrogen and oxygen atoms in total. The Morgan fingerprint density at radius 3 is 2.25 bits per heavy atom. The van der Waals surface area contributed by atoms with E-state index in [2.05, 4.69) is 4.72 Å². The maximum Gasteiger partial charge on any atom is 0.261 e. The number of rotatable bonds is 4. The maximum atomic E-state index is 12.4. The summed E-state index contributed by atoms with van der Waals surface area (Å²) in [7, 11) is -3.64. The van der Waals surface area contributed by atoms with Crippen LogP contribution in [0.2, 0.25) is 0 Å². The Morgan fingerprint density at radius 2 is 1.62 bits per heavy atom. The molecule has 24 heavy (non-hydrogen) atoms. The fourth-order valence-corrected chi connectivity index (χ4v) is 3.78. The topological polar surface area (TPSA) is 66.5 Å². The smallest absolute Gasteiger partial charge is 0.261 e. The van der Waals surface area contributed by atoms with E-state index in [-0.39, 0.29) is 10.8 Å². The molecule has 1 heterocycles. The second-order valence-corrected chi connectivity index (χ2v) is 7.65. The molecule has 0 saturated carbocycles. The number of aryl methyl sites for hydroxylation is 1. The van der Waals surface area contributed by atoms with E-state index in [1.54, 1.807) is 29.2 Å². The van der Waals surface area contributed by atoms with Crippen molar-refractivity contribution in [3.63, 3.8) is 0 Å². The van der Waals surface area contributed by atoms with Gasteiger partial charge in [-0.15, -0.1) is 0 Å². The van der Waals surface area contributed by atoms with Gasteiger partial charge in [-0.2, -0.15) is 0 Å². The van der Waals surface area contributed by atoms with Gasteiger partial charge in [-0.05, 0) is 56.2 Å². The molecule has 2 aromatic rings. The fraction of sp³-hybridized carbons (Fsp3) is 0.278. The molecule has 3 rings (SSSR count). The van der Waals surface area contributed by atoms with Crippen molar-refractivity contribution in [3.05, 3.63) is 54.1 Å². The van der Waals surface area contributed by atoms with Gasteiger partial charge in [0.15, 0.2) is 0 Å². The molecule has 2 aromatic carbocycles. The highest BCUT2D eigenvalue weighted by Gasteiger charge is 2.20. The molecule has 0 aliphatic carbocycles. The normalized spacial score (nSPS) is 15.4. The van der Waals surface area contributed by atoms with E-state index in [1.165, 1.54) is 12.1 Å². The Kier molecular flexibility index (Phi) is 4.57. The van der Waals surface area contributed by atoms with Gasteiger partial charge in [0.25, 0.3) is 10.0 Å². The van der Waals surface area contributed by atoms with Gasteiger partial charge in [0, 0.05) is 24.3 Å². The Hall–Kier alpha value is -2.34. The number of nitrogens with one attached hydrogen (secondary N) is 1. The number of carbonyl (C=O) groups excluding carboxylic acids is 1. The maximum absolute atomic E-state index is 12.4. The van der Waals surface area contributed by atoms with E-state index in [0.29, 0.717) is 18.7 Å². The zero-order chi connectivity index (χ0) is 17.2. The SMILES string of the molecule is Cc1ccc(NS(=O)(=O)c2ccc(N3CCCCC3=O)cc2)cc1. The summed E-state index contributed by atoms with van der Waals surface area (Å²) in [5.41, 5.74) is 2.33. The lowest BCUT2D eigenvalue weighted by Gasteiger charge is -2.26. The zero-order valence-electron chi connectivity index (χ0n) is 13.5. The Morgan fingerprint density at radius 1 is 0.958 bits per heavy atom. The first-order chi connectivity index (χ1) is 11.5. The van der Waals surface area contributed by atoms with Crippen molar-refractivity contribution in [2.75, 3.05) is 16.2 Å². The molecule has 0 bridgehead atoms. The molecule has 6 heteroatoms. The van der Waals surface area contributed by atoms with Crippen molar-refractivity contribution in [2.45, 2.75) is 31.1 Å². The summed E-state index contributed by atoms with van der Waals surface area (Å²) in [5, 5.41) is 0. The minimum Gasteiger partial charge on any atom is -0.312 e. The van der Waals surface area contributed by atoms with Crippen LogP contribution in [0.4, 0.5) is 11.4 Å². The van der Waals surface area contributed by atoms with Crippen molar-refractivity contribution in [1.29, 1.82) is 0 Å². The summed E-state index contributed by atoms with van der Waals surface area (Å²) in [4.78, 5) is 13.8. The average molecular weight is 344 g/mol. The number of anilines is 2. The number of nitrogens with zero attached hydrogens (tertiary/aromatic N) is 1. The molecular weight excluding hydrogens is 324 g/mol. The second kappa shape index (κ2) is 6.65. The van der Waals surface area contributed by atoms with Crippen LogP contribution in [-0.4, -0.2) is 20.9 Å². The molecule has 1 aliphatic rings. The van der Waals surface area contributed by atoms with Gasteiger partial charge in [0.05, 0.1) is 4.90 Å². The highest BCUT2D eigenvalue weighted by molar-refractivity contribution is 7.92. The van der Waals surface area contributed by atoms with Crippen molar-refractivity contribution < 1.29 is 13.2 Å². The molecule has 0 unspecified atom stereocenters. The van der Waals surface area contributed by atoms with Crippen LogP contribution in [0.25, 0.3) is 0 Å². The minimum absolute atomic E-state index is 0.0923. The summed E-state index contributed by atoms with van der Waals surface area (Å²) in [5.74, 6) is 0.0923. The van der Waals surface area contributed by atoms with Crippen LogP contribution in [0.1, 0.15) is 24.8 Å². The van der Waals surface area contributed by atoms with Gasteiger partial charge >= 0.3 is 0 Å². The van der Waals surface area contributed by atoms with Gasteiger partial charge in [-0.25, -0.2) is 8.42 Å². The molecule has 0 radical (unpaired) electrons. The number of hydrogen-bond donors (Lipinski definition) is 1. The number of amides is 1. The molecule has 1 fully saturated rings. The molecule has 1 N–H and O–H groups in total. The largest absolute Gasteiger partial charge is 0.312 e. The van der Waals surface area contributed by atoms with Crippen LogP contribution in [0.5, 0.6) is 0 Å². The third-order valence-corrected chi connectivity index (χ3v) is 5.48. The zero-order valence-corrected chi connectivity index (χ0v) is 14.3. The molecule has 0 atom stereocenters. The summed E-state index contributed by atoms with van der Waals surface area (Å²) in [6.45, 7) is 2.63. The summed E-state index contributed by atoms with van der Waals surface area (Å²) < 4.78 is 27.5. The quantitative estimate of drug-likeness (QED) is 0.925. The standard InChI is InChI=1S/C18H20N2O3S/c1-14-5-7-15(8-6-14)19-24(22,23)17-11-9-16(10-12-17)20-13-3-2-4-18(20)21/h5-12,19H,2-4,13H2,1H3. The van der Waals surface area contributed by atoms with E-state index in [9.17, 15) is 13.2 Å².